The van der Waals surface area contributed by atoms with Gasteiger partial charge < -0.3 is 9.63 Å². The number of phenolic OH excluding ortho intramolecular Hbond substituents is 1. The SMILES string of the molecule is Oc1ccc2c(-c3cc(F)c(F)c(F)c3)noc2c1CN1CCCCC1. The van der Waals surface area contributed by atoms with E-state index < -0.39 is 17.5 Å². The van der Waals surface area contributed by atoms with Crippen molar-refractivity contribution >= 4 is 11.0 Å². The Morgan fingerprint density at radius 2 is 1.73 bits per heavy atom. The zero-order valence-corrected chi connectivity index (χ0v) is 13.9. The highest BCUT2D eigenvalue weighted by Gasteiger charge is 2.21. The van der Waals surface area contributed by atoms with Gasteiger partial charge in [-0.2, -0.15) is 0 Å². The Morgan fingerprint density at radius 3 is 2.42 bits per heavy atom. The minimum Gasteiger partial charge on any atom is -0.507 e. The smallest absolute Gasteiger partial charge is 0.194 e. The number of aromatic nitrogens is 1. The largest absolute Gasteiger partial charge is 0.507 e. The topological polar surface area (TPSA) is 49.5 Å². The molecule has 0 radical (unpaired) electrons. The van der Waals surface area contributed by atoms with Crippen molar-refractivity contribution in [3.63, 3.8) is 0 Å². The third kappa shape index (κ3) is 2.92. The molecule has 1 saturated heterocycles. The number of benzene rings is 2. The van der Waals surface area contributed by atoms with Crippen LogP contribution >= 0.6 is 0 Å². The van der Waals surface area contributed by atoms with Gasteiger partial charge >= 0.3 is 0 Å². The molecule has 136 valence electrons. The van der Waals surface area contributed by atoms with Gasteiger partial charge in [-0.3, -0.25) is 4.90 Å². The van der Waals surface area contributed by atoms with Gasteiger partial charge in [0.05, 0.1) is 10.9 Å². The molecule has 1 N–H and O–H groups in total. The van der Waals surface area contributed by atoms with Gasteiger partial charge in [0.2, 0.25) is 0 Å². The monoisotopic (exact) mass is 362 g/mol. The maximum Gasteiger partial charge on any atom is 0.194 e. The molecule has 0 aliphatic carbocycles. The Balaban J connectivity index is 1.78. The van der Waals surface area contributed by atoms with Crippen molar-refractivity contribution in [1.82, 2.24) is 10.1 Å². The third-order valence-corrected chi connectivity index (χ3v) is 4.81. The molecule has 0 atom stereocenters. The van der Waals surface area contributed by atoms with E-state index in [2.05, 4.69) is 10.1 Å². The lowest BCUT2D eigenvalue weighted by Crippen LogP contribution is -2.29. The molecule has 2 aromatic carbocycles. The fraction of sp³-hybridized carbons (Fsp3) is 0.316. The second kappa shape index (κ2) is 6.64. The average Bonchev–Trinajstić information content (AvgIpc) is 3.07. The maximum absolute atomic E-state index is 13.6. The van der Waals surface area contributed by atoms with Crippen LogP contribution in [0, 0.1) is 17.5 Å². The van der Waals surface area contributed by atoms with E-state index in [0.29, 0.717) is 23.1 Å². The molecule has 7 heteroatoms. The number of fused-ring (bicyclic) bond motifs is 1. The van der Waals surface area contributed by atoms with Crippen LogP contribution in [0.3, 0.4) is 0 Å². The quantitative estimate of drug-likeness (QED) is 0.692. The molecule has 4 rings (SSSR count). The number of rotatable bonds is 3. The van der Waals surface area contributed by atoms with Gasteiger partial charge in [0.15, 0.2) is 23.0 Å². The molecule has 1 fully saturated rings. The molecule has 0 saturated carbocycles. The first kappa shape index (κ1) is 16.9. The van der Waals surface area contributed by atoms with E-state index in [4.69, 9.17) is 4.52 Å². The summed E-state index contributed by atoms with van der Waals surface area (Å²) < 4.78 is 45.7. The number of hydrogen-bond donors (Lipinski definition) is 1. The van der Waals surface area contributed by atoms with E-state index >= 15 is 0 Å². The fourth-order valence-electron chi connectivity index (χ4n) is 3.44. The summed E-state index contributed by atoms with van der Waals surface area (Å²) in [6.07, 6.45) is 3.40. The van der Waals surface area contributed by atoms with E-state index in [0.717, 1.165) is 38.1 Å². The first-order valence-electron chi connectivity index (χ1n) is 8.52. The van der Waals surface area contributed by atoms with E-state index in [-0.39, 0.29) is 17.0 Å². The van der Waals surface area contributed by atoms with Crippen molar-refractivity contribution in [3.05, 3.63) is 47.3 Å². The Bertz CT molecular complexity index is 942. The molecule has 0 bridgehead atoms. The molecule has 1 aliphatic heterocycles. The molecule has 2 heterocycles. The summed E-state index contributed by atoms with van der Waals surface area (Å²) in [7, 11) is 0. The minimum absolute atomic E-state index is 0.0785. The summed E-state index contributed by atoms with van der Waals surface area (Å²) in [4.78, 5) is 2.22. The number of aromatic hydroxyl groups is 1. The van der Waals surface area contributed by atoms with E-state index in [1.54, 1.807) is 6.07 Å². The van der Waals surface area contributed by atoms with Crippen LogP contribution in [0.2, 0.25) is 0 Å². The van der Waals surface area contributed by atoms with Crippen molar-refractivity contribution in [2.24, 2.45) is 0 Å². The van der Waals surface area contributed by atoms with Crippen LogP contribution in [0.4, 0.5) is 13.2 Å². The Morgan fingerprint density at radius 1 is 1.04 bits per heavy atom. The highest BCUT2D eigenvalue weighted by molar-refractivity contribution is 5.94. The van der Waals surface area contributed by atoms with Gasteiger partial charge in [-0.05, 0) is 50.2 Å². The van der Waals surface area contributed by atoms with Crippen molar-refractivity contribution in [3.8, 4) is 17.0 Å². The fourth-order valence-corrected chi connectivity index (χ4v) is 3.44. The molecule has 0 unspecified atom stereocenters. The molecule has 26 heavy (non-hydrogen) atoms. The number of piperidine rings is 1. The summed E-state index contributed by atoms with van der Waals surface area (Å²) in [6, 6.07) is 4.85. The number of likely N-dealkylation sites (tertiary alicyclic amines) is 1. The van der Waals surface area contributed by atoms with Crippen LogP contribution in [-0.2, 0) is 6.54 Å². The average molecular weight is 362 g/mol. The minimum atomic E-state index is -1.52. The van der Waals surface area contributed by atoms with Gasteiger partial charge in [0, 0.05) is 12.1 Å². The van der Waals surface area contributed by atoms with Crippen LogP contribution in [-0.4, -0.2) is 28.3 Å². The van der Waals surface area contributed by atoms with Gasteiger partial charge in [-0.1, -0.05) is 11.6 Å². The molecular weight excluding hydrogens is 345 g/mol. The third-order valence-electron chi connectivity index (χ3n) is 4.81. The predicted molar refractivity (Wildman–Crippen MR) is 90.1 cm³/mol. The van der Waals surface area contributed by atoms with Crippen LogP contribution in [0.25, 0.3) is 22.2 Å². The van der Waals surface area contributed by atoms with Crippen LogP contribution in [0.1, 0.15) is 24.8 Å². The second-order valence-electron chi connectivity index (χ2n) is 6.56. The van der Waals surface area contributed by atoms with Gasteiger partial charge in [-0.15, -0.1) is 0 Å². The van der Waals surface area contributed by atoms with E-state index in [1.807, 2.05) is 0 Å². The number of halogens is 3. The Kier molecular flexibility index (Phi) is 4.32. The molecule has 0 spiro atoms. The molecular formula is C19H17F3N2O2. The Hall–Kier alpha value is -2.54. The maximum atomic E-state index is 13.6. The molecule has 1 aromatic heterocycles. The van der Waals surface area contributed by atoms with Crippen molar-refractivity contribution in [2.45, 2.75) is 25.8 Å². The first-order chi connectivity index (χ1) is 12.5. The summed E-state index contributed by atoms with van der Waals surface area (Å²) in [5.41, 5.74) is 1.24. The lowest BCUT2D eigenvalue weighted by Gasteiger charge is -2.26. The number of nitrogens with zero attached hydrogens (tertiary/aromatic N) is 2. The lowest BCUT2D eigenvalue weighted by atomic mass is 10.0. The number of phenols is 1. The van der Waals surface area contributed by atoms with Crippen LogP contribution in [0.5, 0.6) is 5.75 Å². The zero-order valence-electron chi connectivity index (χ0n) is 13.9. The van der Waals surface area contributed by atoms with Gasteiger partial charge in [0.25, 0.3) is 0 Å². The van der Waals surface area contributed by atoms with Gasteiger partial charge in [0.1, 0.15) is 11.4 Å². The summed E-state index contributed by atoms with van der Waals surface area (Å²) in [5, 5.41) is 14.7. The predicted octanol–water partition coefficient (Wildman–Crippen LogP) is 4.60. The standard InChI is InChI=1S/C19H17F3N2O2/c20-14-8-11(9-15(21)17(14)22)18-12-4-5-16(25)13(19(12)26-23-18)10-24-6-2-1-3-7-24/h4-5,8-9,25H,1-3,6-7,10H2. The summed E-state index contributed by atoms with van der Waals surface area (Å²) in [6.45, 7) is 2.38. The van der Waals surface area contributed by atoms with E-state index in [1.165, 1.54) is 12.5 Å². The van der Waals surface area contributed by atoms with E-state index in [9.17, 15) is 18.3 Å². The first-order valence-corrected chi connectivity index (χ1v) is 8.52. The normalized spacial score (nSPS) is 15.7. The Labute approximate surface area is 147 Å². The molecule has 1 aliphatic rings. The summed E-state index contributed by atoms with van der Waals surface area (Å²) in [5.74, 6) is -4.01. The van der Waals surface area contributed by atoms with Crippen LogP contribution in [0.15, 0.2) is 28.8 Å². The van der Waals surface area contributed by atoms with Crippen molar-refractivity contribution < 1.29 is 22.8 Å². The zero-order chi connectivity index (χ0) is 18.3. The van der Waals surface area contributed by atoms with Gasteiger partial charge in [-0.25, -0.2) is 13.2 Å². The second-order valence-corrected chi connectivity index (χ2v) is 6.56. The highest BCUT2D eigenvalue weighted by atomic mass is 19.2. The van der Waals surface area contributed by atoms with Crippen molar-refractivity contribution in [1.29, 1.82) is 0 Å². The molecule has 3 aromatic rings. The van der Waals surface area contributed by atoms with Crippen LogP contribution < -0.4 is 0 Å². The highest BCUT2D eigenvalue weighted by Crippen LogP contribution is 2.35. The molecule has 4 nitrogen and oxygen atoms in total. The van der Waals surface area contributed by atoms with Crippen molar-refractivity contribution in [2.75, 3.05) is 13.1 Å². The lowest BCUT2D eigenvalue weighted by molar-refractivity contribution is 0.218. The summed E-state index contributed by atoms with van der Waals surface area (Å²) >= 11 is 0. The molecule has 0 amide bonds. The number of hydrogen-bond acceptors (Lipinski definition) is 4.